The van der Waals surface area contributed by atoms with Gasteiger partial charge in [-0.05, 0) is 19.4 Å². The largest absolute Gasteiger partial charge is 0.396 e. The summed E-state index contributed by atoms with van der Waals surface area (Å²) in [5.74, 6) is 0.0164. The first-order valence-corrected chi connectivity index (χ1v) is 6.97. The molecule has 1 unspecified atom stereocenters. The van der Waals surface area contributed by atoms with Crippen LogP contribution in [-0.4, -0.2) is 57.7 Å². The number of nitrogen functional groups attached to an aromatic ring is 1. The van der Waals surface area contributed by atoms with Crippen molar-refractivity contribution in [3.63, 3.8) is 0 Å². The van der Waals surface area contributed by atoms with Crippen molar-refractivity contribution in [3.8, 4) is 0 Å². The Morgan fingerprint density at radius 1 is 1.37 bits per heavy atom. The molecule has 1 atom stereocenters. The lowest BCUT2D eigenvalue weighted by Crippen LogP contribution is -2.56. The topological polar surface area (TPSA) is 67.4 Å². The van der Waals surface area contributed by atoms with E-state index < -0.39 is 0 Å². The number of nitrogens with zero attached hydrogens (tertiary/aromatic N) is 4. The predicted molar refractivity (Wildman–Crippen MR) is 72.7 cm³/mol. The molecule has 104 valence electrons. The summed E-state index contributed by atoms with van der Waals surface area (Å²) in [6, 6.07) is 0.529. The lowest BCUT2D eigenvalue weighted by molar-refractivity contribution is 0.0365. The van der Waals surface area contributed by atoms with Crippen molar-refractivity contribution in [1.29, 1.82) is 0 Å². The maximum atomic E-state index is 12.5. The number of hydrogen-bond acceptors (Lipinski definition) is 4. The van der Waals surface area contributed by atoms with Crippen LogP contribution in [0.2, 0.25) is 0 Å². The number of aryl methyl sites for hydroxylation is 1. The highest BCUT2D eigenvalue weighted by Gasteiger charge is 2.32. The molecule has 2 N–H and O–H groups in total. The number of carbonyl (C=O) groups excluding carboxylic acids is 1. The van der Waals surface area contributed by atoms with Crippen LogP contribution in [0.5, 0.6) is 0 Å². The van der Waals surface area contributed by atoms with Gasteiger partial charge in [0.1, 0.15) is 5.69 Å². The van der Waals surface area contributed by atoms with Crippen LogP contribution in [0.25, 0.3) is 0 Å². The number of anilines is 1. The molecule has 1 aromatic rings. The Morgan fingerprint density at radius 2 is 2.21 bits per heavy atom. The third-order valence-electron chi connectivity index (χ3n) is 4.29. The smallest absolute Gasteiger partial charge is 0.274 e. The summed E-state index contributed by atoms with van der Waals surface area (Å²) in [6.07, 6.45) is 5.31. The van der Waals surface area contributed by atoms with Crippen molar-refractivity contribution in [2.24, 2.45) is 7.05 Å². The van der Waals surface area contributed by atoms with E-state index in [4.69, 9.17) is 5.73 Å². The van der Waals surface area contributed by atoms with Crippen LogP contribution in [-0.2, 0) is 7.05 Å². The zero-order valence-corrected chi connectivity index (χ0v) is 11.4. The minimum atomic E-state index is 0.0164. The van der Waals surface area contributed by atoms with Gasteiger partial charge in [0, 0.05) is 32.7 Å². The van der Waals surface area contributed by atoms with Gasteiger partial charge in [-0.1, -0.05) is 6.42 Å². The summed E-state index contributed by atoms with van der Waals surface area (Å²) in [5, 5.41) is 4.05. The molecule has 1 aromatic heterocycles. The molecule has 0 aliphatic carbocycles. The molecule has 19 heavy (non-hydrogen) atoms. The number of carbonyl (C=O) groups is 1. The second-order valence-electron chi connectivity index (χ2n) is 5.51. The molecule has 2 aliphatic heterocycles. The molecule has 0 bridgehead atoms. The number of hydrogen-bond donors (Lipinski definition) is 1. The van der Waals surface area contributed by atoms with Gasteiger partial charge < -0.3 is 10.6 Å². The predicted octanol–water partition coefficient (Wildman–Crippen LogP) is 0.313. The molecule has 3 rings (SSSR count). The van der Waals surface area contributed by atoms with Gasteiger partial charge in [0.15, 0.2) is 0 Å². The quantitative estimate of drug-likeness (QED) is 0.792. The molecule has 0 spiro atoms. The van der Waals surface area contributed by atoms with E-state index in [-0.39, 0.29) is 5.91 Å². The van der Waals surface area contributed by atoms with Crippen molar-refractivity contribution >= 4 is 11.6 Å². The molecule has 0 saturated carbocycles. The summed E-state index contributed by atoms with van der Waals surface area (Å²) < 4.78 is 1.57. The fraction of sp³-hybridized carbons (Fsp3) is 0.692. The van der Waals surface area contributed by atoms with Gasteiger partial charge in [-0.2, -0.15) is 5.10 Å². The van der Waals surface area contributed by atoms with Crippen LogP contribution in [0.4, 0.5) is 5.69 Å². The van der Waals surface area contributed by atoms with Crippen LogP contribution >= 0.6 is 0 Å². The van der Waals surface area contributed by atoms with Gasteiger partial charge in [-0.25, -0.2) is 0 Å². The number of fused-ring (bicyclic) bond motifs is 1. The average molecular weight is 263 g/mol. The van der Waals surface area contributed by atoms with Crippen molar-refractivity contribution in [1.82, 2.24) is 19.6 Å². The molecular weight excluding hydrogens is 242 g/mol. The Kier molecular flexibility index (Phi) is 3.18. The summed E-state index contributed by atoms with van der Waals surface area (Å²) in [5.41, 5.74) is 6.83. The molecular formula is C13H21N5O. The molecule has 1 amide bonds. The van der Waals surface area contributed by atoms with E-state index in [1.807, 2.05) is 4.90 Å². The molecule has 2 aliphatic rings. The highest BCUT2D eigenvalue weighted by Crippen LogP contribution is 2.23. The van der Waals surface area contributed by atoms with E-state index in [0.717, 1.165) is 19.6 Å². The Balaban J connectivity index is 1.74. The highest BCUT2D eigenvalue weighted by molar-refractivity contribution is 5.97. The Morgan fingerprint density at radius 3 is 2.95 bits per heavy atom. The number of rotatable bonds is 1. The summed E-state index contributed by atoms with van der Waals surface area (Å²) >= 11 is 0. The van der Waals surface area contributed by atoms with Crippen LogP contribution in [0.1, 0.15) is 29.8 Å². The number of amides is 1. The van der Waals surface area contributed by atoms with E-state index in [1.54, 1.807) is 17.9 Å². The van der Waals surface area contributed by atoms with Gasteiger partial charge in [0.2, 0.25) is 0 Å². The monoisotopic (exact) mass is 263 g/mol. The van der Waals surface area contributed by atoms with Crippen molar-refractivity contribution < 1.29 is 4.79 Å². The summed E-state index contributed by atoms with van der Waals surface area (Å²) in [6.45, 7) is 3.78. The first-order valence-electron chi connectivity index (χ1n) is 6.97. The number of aromatic nitrogens is 2. The van der Waals surface area contributed by atoms with Gasteiger partial charge in [-0.15, -0.1) is 0 Å². The van der Waals surface area contributed by atoms with Crippen molar-refractivity contribution in [2.45, 2.75) is 25.3 Å². The molecule has 2 fully saturated rings. The minimum absolute atomic E-state index is 0.0164. The average Bonchev–Trinajstić information content (AvgIpc) is 2.77. The third kappa shape index (κ3) is 2.20. The van der Waals surface area contributed by atoms with Gasteiger partial charge in [0.25, 0.3) is 5.91 Å². The Labute approximate surface area is 113 Å². The first kappa shape index (κ1) is 12.5. The second kappa shape index (κ2) is 4.85. The SMILES string of the molecule is Cn1ncc(N)c1C(=O)N1CCN2CCCCC2C1. The fourth-order valence-electron chi connectivity index (χ4n) is 3.21. The van der Waals surface area contributed by atoms with Crippen molar-refractivity contribution in [3.05, 3.63) is 11.9 Å². The number of piperazine rings is 1. The zero-order valence-electron chi connectivity index (χ0n) is 11.4. The van der Waals surface area contributed by atoms with Crippen LogP contribution in [0.3, 0.4) is 0 Å². The van der Waals surface area contributed by atoms with E-state index in [0.29, 0.717) is 17.4 Å². The molecule has 3 heterocycles. The summed E-state index contributed by atoms with van der Waals surface area (Å²) in [4.78, 5) is 17.0. The van der Waals surface area contributed by atoms with Gasteiger partial charge in [0.05, 0.1) is 11.9 Å². The number of nitrogens with two attached hydrogens (primary N) is 1. The lowest BCUT2D eigenvalue weighted by Gasteiger charge is -2.44. The maximum absolute atomic E-state index is 12.5. The zero-order chi connectivity index (χ0) is 13.4. The van der Waals surface area contributed by atoms with Crippen LogP contribution in [0, 0.1) is 0 Å². The summed E-state index contributed by atoms with van der Waals surface area (Å²) in [7, 11) is 1.76. The highest BCUT2D eigenvalue weighted by atomic mass is 16.2. The standard InChI is InChI=1S/C13H21N5O/c1-16-12(11(14)8-15-16)13(19)18-7-6-17-5-3-2-4-10(17)9-18/h8,10H,2-7,9,14H2,1H3. The molecule has 0 aromatic carbocycles. The first-order chi connectivity index (χ1) is 9.16. The van der Waals surface area contributed by atoms with Crippen molar-refractivity contribution in [2.75, 3.05) is 31.9 Å². The third-order valence-corrected chi connectivity index (χ3v) is 4.29. The van der Waals surface area contributed by atoms with E-state index in [2.05, 4.69) is 10.00 Å². The molecule has 0 radical (unpaired) electrons. The van der Waals surface area contributed by atoms with Gasteiger partial charge >= 0.3 is 0 Å². The maximum Gasteiger partial charge on any atom is 0.274 e. The van der Waals surface area contributed by atoms with E-state index in [1.165, 1.54) is 25.8 Å². The normalized spacial score (nSPS) is 24.3. The Hall–Kier alpha value is -1.56. The van der Waals surface area contributed by atoms with Crippen LogP contribution in [0.15, 0.2) is 6.20 Å². The molecule has 6 heteroatoms. The second-order valence-corrected chi connectivity index (χ2v) is 5.51. The fourth-order valence-corrected chi connectivity index (χ4v) is 3.21. The molecule has 2 saturated heterocycles. The van der Waals surface area contributed by atoms with E-state index in [9.17, 15) is 4.79 Å². The van der Waals surface area contributed by atoms with Crippen LogP contribution < -0.4 is 5.73 Å². The molecule has 6 nitrogen and oxygen atoms in total. The lowest BCUT2D eigenvalue weighted by atomic mass is 9.99. The van der Waals surface area contributed by atoms with E-state index >= 15 is 0 Å². The Bertz CT molecular complexity index is 464. The van der Waals surface area contributed by atoms with Gasteiger partial charge in [-0.3, -0.25) is 14.4 Å². The number of piperidine rings is 1. The minimum Gasteiger partial charge on any atom is -0.396 e.